The van der Waals surface area contributed by atoms with Gasteiger partial charge in [0.1, 0.15) is 0 Å². The highest BCUT2D eigenvalue weighted by molar-refractivity contribution is 5.99. The Bertz CT molecular complexity index is 1100. The molecule has 0 saturated carbocycles. The molecule has 0 bridgehead atoms. The number of rotatable bonds is 2. The van der Waals surface area contributed by atoms with Crippen LogP contribution >= 0.6 is 0 Å². The number of aromatic nitrogens is 2. The quantitative estimate of drug-likeness (QED) is 0.328. The molecule has 0 saturated heterocycles. The van der Waals surface area contributed by atoms with E-state index in [9.17, 15) is 26.3 Å². The second kappa shape index (κ2) is 7.12. The van der Waals surface area contributed by atoms with Gasteiger partial charge in [0.05, 0.1) is 22.2 Å². The van der Waals surface area contributed by atoms with E-state index in [1.165, 1.54) is 36.7 Å². The third-order valence-corrected chi connectivity index (χ3v) is 4.67. The van der Waals surface area contributed by atoms with Crippen LogP contribution in [0.2, 0.25) is 0 Å². The minimum atomic E-state index is -4.44. The monoisotopic (exact) mass is 418 g/mol. The Morgan fingerprint density at radius 2 is 0.800 bits per heavy atom. The van der Waals surface area contributed by atoms with Crippen LogP contribution < -0.4 is 0 Å². The van der Waals surface area contributed by atoms with Crippen LogP contribution in [-0.4, -0.2) is 9.97 Å². The fraction of sp³-hybridized carbons (Fsp3) is 0.0909. The Labute approximate surface area is 166 Å². The minimum absolute atomic E-state index is 0.439. The maximum Gasteiger partial charge on any atom is 0.416 e. The maximum atomic E-state index is 12.8. The van der Waals surface area contributed by atoms with Crippen LogP contribution in [0.15, 0.2) is 73.1 Å². The molecule has 0 unspecified atom stereocenters. The highest BCUT2D eigenvalue weighted by Gasteiger charge is 2.31. The molecular formula is C22H12F6N2. The van der Waals surface area contributed by atoms with Crippen molar-refractivity contribution >= 4 is 11.0 Å². The molecule has 0 spiro atoms. The number of hydrogen-bond acceptors (Lipinski definition) is 2. The molecule has 2 aromatic heterocycles. The van der Waals surface area contributed by atoms with Crippen LogP contribution in [0.1, 0.15) is 11.1 Å². The number of halogens is 6. The Kier molecular flexibility index (Phi) is 4.72. The van der Waals surface area contributed by atoms with Crippen molar-refractivity contribution in [2.75, 3.05) is 0 Å². The summed E-state index contributed by atoms with van der Waals surface area (Å²) in [6, 6.07) is 12.6. The highest BCUT2D eigenvalue weighted by atomic mass is 19.4. The largest absolute Gasteiger partial charge is 0.416 e. The molecule has 30 heavy (non-hydrogen) atoms. The summed E-state index contributed by atoms with van der Waals surface area (Å²) in [5, 5.41) is 0. The Morgan fingerprint density at radius 3 is 1.10 bits per heavy atom. The zero-order chi connectivity index (χ0) is 21.5. The van der Waals surface area contributed by atoms with Gasteiger partial charge in [0.2, 0.25) is 0 Å². The van der Waals surface area contributed by atoms with Gasteiger partial charge in [-0.2, -0.15) is 26.3 Å². The molecular weight excluding hydrogens is 406 g/mol. The van der Waals surface area contributed by atoms with E-state index in [1.807, 2.05) is 0 Å². The van der Waals surface area contributed by atoms with Crippen LogP contribution in [-0.2, 0) is 12.4 Å². The van der Waals surface area contributed by atoms with Crippen molar-refractivity contribution in [1.82, 2.24) is 9.97 Å². The molecule has 0 amide bonds. The maximum absolute atomic E-state index is 12.8. The lowest BCUT2D eigenvalue weighted by Gasteiger charge is -2.12. The van der Waals surface area contributed by atoms with Crippen molar-refractivity contribution in [3.63, 3.8) is 0 Å². The first-order valence-corrected chi connectivity index (χ1v) is 8.73. The lowest BCUT2D eigenvalue weighted by molar-refractivity contribution is -0.138. The molecule has 4 aromatic rings. The smallest absolute Gasteiger partial charge is 0.254 e. The van der Waals surface area contributed by atoms with E-state index >= 15 is 0 Å². The van der Waals surface area contributed by atoms with Gasteiger partial charge in [-0.05, 0) is 47.5 Å². The van der Waals surface area contributed by atoms with Gasteiger partial charge in [-0.1, -0.05) is 24.3 Å². The zero-order valence-electron chi connectivity index (χ0n) is 15.1. The molecule has 2 heterocycles. The van der Waals surface area contributed by atoms with Gasteiger partial charge in [-0.25, -0.2) is 0 Å². The lowest BCUT2D eigenvalue weighted by atomic mass is 9.99. The Morgan fingerprint density at radius 1 is 0.467 bits per heavy atom. The minimum Gasteiger partial charge on any atom is -0.254 e. The van der Waals surface area contributed by atoms with E-state index in [1.54, 1.807) is 12.1 Å². The summed E-state index contributed by atoms with van der Waals surface area (Å²) in [6.07, 6.45) is -5.89. The van der Waals surface area contributed by atoms with Gasteiger partial charge in [-0.3, -0.25) is 9.97 Å². The number of pyridine rings is 2. The van der Waals surface area contributed by atoms with E-state index in [0.717, 1.165) is 24.3 Å². The molecule has 0 atom stereocenters. The van der Waals surface area contributed by atoms with Gasteiger partial charge < -0.3 is 0 Å². The first kappa shape index (κ1) is 19.9. The van der Waals surface area contributed by atoms with Gasteiger partial charge in [0.25, 0.3) is 0 Å². The number of hydrogen-bond donors (Lipinski definition) is 0. The van der Waals surface area contributed by atoms with Crippen LogP contribution in [0.4, 0.5) is 26.3 Å². The second-order valence-electron chi connectivity index (χ2n) is 6.56. The van der Waals surface area contributed by atoms with Gasteiger partial charge >= 0.3 is 12.4 Å². The molecule has 0 aliphatic carbocycles. The predicted molar refractivity (Wildman–Crippen MR) is 100 cm³/mol. The SMILES string of the molecule is FC(F)(F)c1ccc(-c2ccnc3c(-c4ccc(C(F)(F)F)cc4)ccnc23)cc1. The molecule has 2 nitrogen and oxygen atoms in total. The third-order valence-electron chi connectivity index (χ3n) is 4.67. The molecule has 8 heteroatoms. The number of fused-ring (bicyclic) bond motifs is 1. The van der Waals surface area contributed by atoms with Crippen molar-refractivity contribution in [3.05, 3.63) is 84.2 Å². The van der Waals surface area contributed by atoms with Crippen LogP contribution in [0.5, 0.6) is 0 Å². The molecule has 0 N–H and O–H groups in total. The summed E-state index contributed by atoms with van der Waals surface area (Å²) in [7, 11) is 0. The van der Waals surface area contributed by atoms with E-state index in [4.69, 9.17) is 0 Å². The van der Waals surface area contributed by atoms with Gasteiger partial charge in [0.15, 0.2) is 0 Å². The third kappa shape index (κ3) is 3.72. The van der Waals surface area contributed by atoms with Crippen LogP contribution in [0, 0.1) is 0 Å². The van der Waals surface area contributed by atoms with Crippen molar-refractivity contribution in [2.45, 2.75) is 12.4 Å². The molecule has 0 fully saturated rings. The van der Waals surface area contributed by atoms with E-state index < -0.39 is 23.5 Å². The fourth-order valence-corrected chi connectivity index (χ4v) is 3.19. The summed E-state index contributed by atoms with van der Waals surface area (Å²) in [5.41, 5.74) is 1.54. The fourth-order valence-electron chi connectivity index (χ4n) is 3.19. The van der Waals surface area contributed by atoms with Gasteiger partial charge in [-0.15, -0.1) is 0 Å². The van der Waals surface area contributed by atoms with Crippen LogP contribution in [0.3, 0.4) is 0 Å². The van der Waals surface area contributed by atoms with Crippen molar-refractivity contribution < 1.29 is 26.3 Å². The first-order valence-electron chi connectivity index (χ1n) is 8.73. The van der Waals surface area contributed by atoms with Crippen molar-refractivity contribution in [2.24, 2.45) is 0 Å². The number of alkyl halides is 6. The highest BCUT2D eigenvalue weighted by Crippen LogP contribution is 2.36. The molecule has 0 aliphatic heterocycles. The summed E-state index contributed by atoms with van der Waals surface area (Å²) < 4.78 is 76.9. The van der Waals surface area contributed by atoms with E-state index in [2.05, 4.69) is 9.97 Å². The molecule has 0 aliphatic rings. The van der Waals surface area contributed by atoms with Crippen LogP contribution in [0.25, 0.3) is 33.3 Å². The normalized spacial score (nSPS) is 12.3. The average molecular weight is 418 g/mol. The Balaban J connectivity index is 1.81. The summed E-state index contributed by atoms with van der Waals surface area (Å²) >= 11 is 0. The van der Waals surface area contributed by atoms with Crippen molar-refractivity contribution in [3.8, 4) is 22.3 Å². The average Bonchev–Trinajstić information content (AvgIpc) is 2.72. The Hall–Kier alpha value is -3.42. The zero-order valence-corrected chi connectivity index (χ0v) is 15.1. The summed E-state index contributed by atoms with van der Waals surface area (Å²) in [6.45, 7) is 0. The molecule has 0 radical (unpaired) electrons. The number of benzene rings is 2. The first-order chi connectivity index (χ1) is 14.1. The second-order valence-corrected chi connectivity index (χ2v) is 6.56. The van der Waals surface area contributed by atoms with E-state index in [-0.39, 0.29) is 0 Å². The standard InChI is InChI=1S/C22H12F6N2/c23-21(24,25)15-5-1-13(2-6-15)17-9-11-30-20-18(10-12-29-19(17)20)14-3-7-16(8-4-14)22(26,27)28/h1-12H. The molecule has 152 valence electrons. The van der Waals surface area contributed by atoms with Gasteiger partial charge in [0, 0.05) is 23.5 Å². The predicted octanol–water partition coefficient (Wildman–Crippen LogP) is 7.00. The summed E-state index contributed by atoms with van der Waals surface area (Å²) in [4.78, 5) is 8.61. The van der Waals surface area contributed by atoms with E-state index in [0.29, 0.717) is 33.3 Å². The topological polar surface area (TPSA) is 25.8 Å². The summed E-state index contributed by atoms with van der Waals surface area (Å²) in [5.74, 6) is 0. The van der Waals surface area contributed by atoms with Crippen molar-refractivity contribution in [1.29, 1.82) is 0 Å². The molecule has 2 aromatic carbocycles. The number of nitrogens with zero attached hydrogens (tertiary/aromatic N) is 2. The molecule has 4 rings (SSSR count). The lowest BCUT2D eigenvalue weighted by Crippen LogP contribution is -2.04.